The van der Waals surface area contributed by atoms with Crippen molar-refractivity contribution in [2.24, 2.45) is 0 Å². The molecule has 1 aromatic carbocycles. The number of fused-ring (bicyclic) bond motifs is 2. The van der Waals surface area contributed by atoms with Crippen LogP contribution in [0, 0.1) is 0 Å². The van der Waals surface area contributed by atoms with Gasteiger partial charge in [0.05, 0.1) is 35.5 Å². The molecule has 1 aliphatic carbocycles. The minimum atomic E-state index is -0.145. The highest BCUT2D eigenvalue weighted by Crippen LogP contribution is 2.28. The maximum Gasteiger partial charge on any atom is 0.260 e. The van der Waals surface area contributed by atoms with E-state index in [-0.39, 0.29) is 17.2 Å². The zero-order chi connectivity index (χ0) is 20.7. The van der Waals surface area contributed by atoms with Crippen LogP contribution in [0.25, 0.3) is 21.8 Å². The molecule has 0 N–H and O–H groups in total. The van der Waals surface area contributed by atoms with Crippen LogP contribution in [0.3, 0.4) is 0 Å². The molecule has 0 aliphatic heterocycles. The first-order valence-corrected chi connectivity index (χ1v) is 10.3. The Morgan fingerprint density at radius 3 is 2.30 bits per heavy atom. The van der Waals surface area contributed by atoms with E-state index < -0.39 is 0 Å². The van der Waals surface area contributed by atoms with E-state index in [1.165, 1.54) is 0 Å². The maximum atomic E-state index is 13.1. The highest BCUT2D eigenvalue weighted by molar-refractivity contribution is 5.91. The van der Waals surface area contributed by atoms with E-state index in [0.717, 1.165) is 37.0 Å². The number of benzene rings is 1. The summed E-state index contributed by atoms with van der Waals surface area (Å²) in [5, 5.41) is 0.982. The minimum Gasteiger partial charge on any atom is -0.497 e. The first-order chi connectivity index (χ1) is 14.6. The normalized spacial score (nSPS) is 14.6. The smallest absolute Gasteiger partial charge is 0.260 e. The van der Waals surface area contributed by atoms with Crippen molar-refractivity contribution < 1.29 is 4.74 Å². The van der Waals surface area contributed by atoms with Gasteiger partial charge in [-0.3, -0.25) is 9.59 Å². The average Bonchev–Trinajstić information content (AvgIpc) is 3.30. The molecular formula is C24H23N3O3. The monoisotopic (exact) mass is 401 g/mol. The average molecular weight is 401 g/mol. The molecule has 1 fully saturated rings. The van der Waals surface area contributed by atoms with Crippen LogP contribution in [0.5, 0.6) is 5.75 Å². The number of ether oxygens (including phenoxy) is 1. The molecule has 152 valence electrons. The first-order valence-electron chi connectivity index (χ1n) is 10.3. The van der Waals surface area contributed by atoms with Crippen molar-refractivity contribution in [1.29, 1.82) is 0 Å². The zero-order valence-corrected chi connectivity index (χ0v) is 16.9. The van der Waals surface area contributed by atoms with Gasteiger partial charge in [-0.1, -0.05) is 25.0 Å². The van der Waals surface area contributed by atoms with Crippen molar-refractivity contribution in [3.8, 4) is 5.75 Å². The molecule has 30 heavy (non-hydrogen) atoms. The van der Waals surface area contributed by atoms with Crippen molar-refractivity contribution in [3.05, 3.63) is 81.1 Å². The third kappa shape index (κ3) is 3.18. The van der Waals surface area contributed by atoms with Crippen molar-refractivity contribution in [3.63, 3.8) is 0 Å². The Morgan fingerprint density at radius 1 is 0.933 bits per heavy atom. The molecule has 0 spiro atoms. The molecule has 3 aromatic heterocycles. The summed E-state index contributed by atoms with van der Waals surface area (Å²) in [5.41, 5.74) is 2.03. The zero-order valence-electron chi connectivity index (χ0n) is 16.9. The van der Waals surface area contributed by atoms with E-state index in [9.17, 15) is 9.59 Å². The molecule has 0 unspecified atom stereocenters. The lowest BCUT2D eigenvalue weighted by atomic mass is 10.1. The Hall–Kier alpha value is -3.41. The van der Waals surface area contributed by atoms with Gasteiger partial charge >= 0.3 is 0 Å². The van der Waals surface area contributed by atoms with Crippen molar-refractivity contribution in [1.82, 2.24) is 14.1 Å². The number of hydrogen-bond donors (Lipinski definition) is 0. The van der Waals surface area contributed by atoms with Crippen molar-refractivity contribution in [2.45, 2.75) is 38.3 Å². The molecule has 0 bridgehead atoms. The fourth-order valence-electron chi connectivity index (χ4n) is 4.40. The van der Waals surface area contributed by atoms with Gasteiger partial charge in [-0.2, -0.15) is 0 Å². The highest BCUT2D eigenvalue weighted by atomic mass is 16.5. The lowest BCUT2D eigenvalue weighted by molar-refractivity contribution is 0.414. The second-order valence-corrected chi connectivity index (χ2v) is 7.92. The second kappa shape index (κ2) is 7.44. The summed E-state index contributed by atoms with van der Waals surface area (Å²) < 4.78 is 8.66. The lowest BCUT2D eigenvalue weighted by Crippen LogP contribution is -2.24. The van der Waals surface area contributed by atoms with Crippen LogP contribution in [0.1, 0.15) is 37.3 Å². The number of methoxy groups -OCH3 is 1. The van der Waals surface area contributed by atoms with Crippen LogP contribution >= 0.6 is 0 Å². The number of hydrogen-bond acceptors (Lipinski definition) is 4. The molecule has 6 nitrogen and oxygen atoms in total. The number of rotatable bonds is 4. The Kier molecular flexibility index (Phi) is 4.62. The first kappa shape index (κ1) is 18.6. The Morgan fingerprint density at radius 2 is 1.60 bits per heavy atom. The summed E-state index contributed by atoms with van der Waals surface area (Å²) in [7, 11) is 1.63. The third-order valence-electron chi connectivity index (χ3n) is 6.07. The summed E-state index contributed by atoms with van der Waals surface area (Å²) in [5.74, 6) is 0.777. The van der Waals surface area contributed by atoms with E-state index in [0.29, 0.717) is 28.4 Å². The van der Waals surface area contributed by atoms with Gasteiger partial charge in [-0.05, 0) is 48.7 Å². The molecule has 1 saturated carbocycles. The van der Waals surface area contributed by atoms with E-state index in [4.69, 9.17) is 4.74 Å². The van der Waals surface area contributed by atoms with Crippen LogP contribution in [-0.4, -0.2) is 21.2 Å². The maximum absolute atomic E-state index is 13.1. The van der Waals surface area contributed by atoms with Crippen LogP contribution in [-0.2, 0) is 6.54 Å². The van der Waals surface area contributed by atoms with E-state index in [1.54, 1.807) is 23.9 Å². The Labute approximate surface area is 173 Å². The van der Waals surface area contributed by atoms with Crippen LogP contribution in [0.15, 0.2) is 64.4 Å². The molecule has 0 amide bonds. The molecule has 0 saturated heterocycles. The fourth-order valence-corrected chi connectivity index (χ4v) is 4.40. The van der Waals surface area contributed by atoms with Gasteiger partial charge in [-0.25, -0.2) is 4.98 Å². The molecule has 4 aromatic rings. The predicted molar refractivity (Wildman–Crippen MR) is 117 cm³/mol. The van der Waals surface area contributed by atoms with Crippen LogP contribution in [0.4, 0.5) is 0 Å². The number of aromatic nitrogens is 3. The largest absolute Gasteiger partial charge is 0.497 e. The summed E-state index contributed by atoms with van der Waals surface area (Å²) in [6.45, 7) is 0.442. The minimum absolute atomic E-state index is 0.0567. The lowest BCUT2D eigenvalue weighted by Gasteiger charge is -2.14. The molecule has 5 rings (SSSR count). The van der Waals surface area contributed by atoms with Crippen molar-refractivity contribution in [2.75, 3.05) is 7.11 Å². The Balaban J connectivity index is 1.60. The summed E-state index contributed by atoms with van der Waals surface area (Å²) in [6, 6.07) is 13.3. The molecule has 0 atom stereocenters. The van der Waals surface area contributed by atoms with Crippen LogP contribution in [0.2, 0.25) is 0 Å². The van der Waals surface area contributed by atoms with Gasteiger partial charge in [0.15, 0.2) is 0 Å². The predicted octanol–water partition coefficient (Wildman–Crippen LogP) is 3.88. The van der Waals surface area contributed by atoms with Gasteiger partial charge in [0.1, 0.15) is 5.75 Å². The van der Waals surface area contributed by atoms with Gasteiger partial charge in [0.25, 0.3) is 11.1 Å². The summed E-state index contributed by atoms with van der Waals surface area (Å²) in [4.78, 5) is 30.8. The van der Waals surface area contributed by atoms with Crippen molar-refractivity contribution >= 4 is 21.8 Å². The van der Waals surface area contributed by atoms with Crippen LogP contribution < -0.4 is 15.9 Å². The summed E-state index contributed by atoms with van der Waals surface area (Å²) in [6.07, 6.45) is 7.97. The van der Waals surface area contributed by atoms with Gasteiger partial charge in [0.2, 0.25) is 0 Å². The standard InChI is InChI=1S/C24H23N3O3/c1-30-18-8-6-16(7-9-18)15-26-12-10-21-19(23(26)28)14-20-22(25-21)11-13-27(24(20)29)17-4-2-3-5-17/h6-14,17H,2-5,15H2,1H3. The van der Waals surface area contributed by atoms with Gasteiger partial charge < -0.3 is 13.9 Å². The quantitative estimate of drug-likeness (QED) is 0.487. The third-order valence-corrected chi connectivity index (χ3v) is 6.07. The molecule has 1 aliphatic rings. The number of pyridine rings is 3. The highest BCUT2D eigenvalue weighted by Gasteiger charge is 2.19. The molecular weight excluding hydrogens is 378 g/mol. The topological polar surface area (TPSA) is 66.1 Å². The van der Waals surface area contributed by atoms with Gasteiger partial charge in [0, 0.05) is 18.4 Å². The fraction of sp³-hybridized carbons (Fsp3) is 0.292. The SMILES string of the molecule is COc1ccc(Cn2ccc3nc4ccn(C5CCCC5)c(=O)c4cc3c2=O)cc1. The van der Waals surface area contributed by atoms with E-state index in [2.05, 4.69) is 4.98 Å². The van der Waals surface area contributed by atoms with E-state index >= 15 is 0 Å². The molecule has 0 radical (unpaired) electrons. The van der Waals surface area contributed by atoms with Gasteiger partial charge in [-0.15, -0.1) is 0 Å². The molecule has 3 heterocycles. The Bertz CT molecular complexity index is 1350. The summed E-state index contributed by atoms with van der Waals surface area (Å²) >= 11 is 0. The molecule has 6 heteroatoms. The van der Waals surface area contributed by atoms with E-state index in [1.807, 2.05) is 47.2 Å². The number of nitrogens with zero attached hydrogens (tertiary/aromatic N) is 3. The second-order valence-electron chi connectivity index (χ2n) is 7.92.